The van der Waals surface area contributed by atoms with Crippen LogP contribution in [0, 0.1) is 0 Å². The lowest BCUT2D eigenvalue weighted by atomic mass is 10.2. The van der Waals surface area contributed by atoms with Crippen LogP contribution in [-0.2, 0) is 19.0 Å². The van der Waals surface area contributed by atoms with Gasteiger partial charge >= 0.3 is 5.97 Å². The van der Waals surface area contributed by atoms with Crippen molar-refractivity contribution in [2.75, 3.05) is 26.4 Å². The van der Waals surface area contributed by atoms with Crippen LogP contribution >= 0.6 is 0 Å². The summed E-state index contributed by atoms with van der Waals surface area (Å²) < 4.78 is 15.8. The fraction of sp³-hybridized carbons (Fsp3) is 0.812. The lowest BCUT2D eigenvalue weighted by molar-refractivity contribution is -0.165. The fourth-order valence-electron chi connectivity index (χ4n) is 1.77. The van der Waals surface area contributed by atoms with Gasteiger partial charge in [-0.25, -0.2) is 4.79 Å². The molecule has 0 aliphatic carbocycles. The molecule has 0 aromatic heterocycles. The smallest absolute Gasteiger partial charge is 0.330 e. The summed E-state index contributed by atoms with van der Waals surface area (Å²) in [6.07, 6.45) is 5.57. The molecule has 1 fully saturated rings. The van der Waals surface area contributed by atoms with Gasteiger partial charge in [-0.3, -0.25) is 0 Å². The molecule has 2 N–H and O–H groups in total. The van der Waals surface area contributed by atoms with Gasteiger partial charge in [-0.05, 0) is 26.2 Å². The van der Waals surface area contributed by atoms with Gasteiger partial charge in [0.15, 0.2) is 5.79 Å². The van der Waals surface area contributed by atoms with Crippen LogP contribution in [0.15, 0.2) is 12.7 Å². The summed E-state index contributed by atoms with van der Waals surface area (Å²) in [5.41, 5.74) is 0. The van der Waals surface area contributed by atoms with Crippen molar-refractivity contribution in [3.63, 3.8) is 0 Å². The van der Waals surface area contributed by atoms with E-state index in [0.29, 0.717) is 6.61 Å². The molecule has 0 saturated carbocycles. The number of carbonyl (C=O) groups excluding carboxylic acids is 1. The van der Waals surface area contributed by atoms with E-state index in [1.807, 2.05) is 13.8 Å². The van der Waals surface area contributed by atoms with Crippen LogP contribution in [0.2, 0.25) is 0 Å². The van der Waals surface area contributed by atoms with Crippen LogP contribution < -0.4 is 0 Å². The highest BCUT2D eigenvalue weighted by molar-refractivity contribution is 5.81. The summed E-state index contributed by atoms with van der Waals surface area (Å²) in [7, 11) is 0. The quantitative estimate of drug-likeness (QED) is 0.383. The van der Waals surface area contributed by atoms with Gasteiger partial charge < -0.3 is 24.4 Å². The Morgan fingerprint density at radius 1 is 1.32 bits per heavy atom. The largest absolute Gasteiger partial charge is 0.460 e. The van der Waals surface area contributed by atoms with Gasteiger partial charge in [0.05, 0.1) is 6.61 Å². The van der Waals surface area contributed by atoms with Gasteiger partial charge in [0.1, 0.15) is 12.7 Å². The molecule has 130 valence electrons. The standard InChI is InChI=1S/C10H16O4.C6H14O2/c1-4-9(11)12-6-8-7-13-10(3,5-2)14-8;7-5-3-1-2-4-6-8/h4,8H,1,5-7H2,2-3H3;7-8H,1-6H2. The molecule has 6 heteroatoms. The van der Waals surface area contributed by atoms with E-state index in [-0.39, 0.29) is 25.9 Å². The minimum atomic E-state index is -0.523. The Balaban J connectivity index is 0.000000472. The summed E-state index contributed by atoms with van der Waals surface area (Å²) in [4.78, 5) is 10.8. The van der Waals surface area contributed by atoms with Crippen LogP contribution in [-0.4, -0.2) is 54.5 Å². The number of aliphatic hydroxyl groups is 2. The summed E-state index contributed by atoms with van der Waals surface area (Å²) in [6.45, 7) is 8.42. The summed E-state index contributed by atoms with van der Waals surface area (Å²) in [6, 6.07) is 0. The van der Waals surface area contributed by atoms with E-state index in [1.165, 1.54) is 0 Å². The average molecular weight is 318 g/mol. The number of hydrogen-bond donors (Lipinski definition) is 2. The predicted octanol–water partition coefficient (Wildman–Crippen LogP) is 1.79. The van der Waals surface area contributed by atoms with Crippen molar-refractivity contribution in [2.45, 2.75) is 57.8 Å². The SMILES string of the molecule is C=CC(=O)OCC1COC(C)(CC)O1.OCCCCCCO. The maximum atomic E-state index is 10.8. The zero-order chi connectivity index (χ0) is 16.8. The highest BCUT2D eigenvalue weighted by Crippen LogP contribution is 2.26. The van der Waals surface area contributed by atoms with Crippen LogP contribution in [0.5, 0.6) is 0 Å². The number of unbranched alkanes of at least 4 members (excludes halogenated alkanes) is 3. The third-order valence-corrected chi connectivity index (χ3v) is 3.28. The molecule has 2 atom stereocenters. The molecular formula is C16H30O6. The molecule has 22 heavy (non-hydrogen) atoms. The molecular weight excluding hydrogens is 288 g/mol. The van der Waals surface area contributed by atoms with Gasteiger partial charge in [0, 0.05) is 19.3 Å². The molecule has 0 aromatic rings. The molecule has 0 radical (unpaired) electrons. The van der Waals surface area contributed by atoms with Gasteiger partial charge in [0.2, 0.25) is 0 Å². The third kappa shape index (κ3) is 9.89. The third-order valence-electron chi connectivity index (χ3n) is 3.28. The predicted molar refractivity (Wildman–Crippen MR) is 83.3 cm³/mol. The number of esters is 1. The highest BCUT2D eigenvalue weighted by atomic mass is 16.7. The Morgan fingerprint density at radius 3 is 2.32 bits per heavy atom. The molecule has 2 unspecified atom stereocenters. The Hall–Kier alpha value is -0.950. The maximum absolute atomic E-state index is 10.8. The van der Waals surface area contributed by atoms with Crippen molar-refractivity contribution in [3.8, 4) is 0 Å². The van der Waals surface area contributed by atoms with Crippen molar-refractivity contribution in [1.29, 1.82) is 0 Å². The van der Waals surface area contributed by atoms with E-state index >= 15 is 0 Å². The van der Waals surface area contributed by atoms with E-state index in [2.05, 4.69) is 6.58 Å². The molecule has 1 aliphatic heterocycles. The first-order valence-electron chi connectivity index (χ1n) is 7.84. The number of aliphatic hydroxyl groups excluding tert-OH is 2. The second kappa shape index (κ2) is 12.6. The second-order valence-electron chi connectivity index (χ2n) is 5.23. The molecule has 6 nitrogen and oxygen atoms in total. The molecule has 0 spiro atoms. The van der Waals surface area contributed by atoms with Crippen molar-refractivity contribution < 1.29 is 29.2 Å². The molecule has 0 amide bonds. The molecule has 1 heterocycles. The van der Waals surface area contributed by atoms with Crippen molar-refractivity contribution in [1.82, 2.24) is 0 Å². The first kappa shape index (κ1) is 21.0. The molecule has 0 aromatic carbocycles. The Bertz CT molecular complexity index is 301. The lowest BCUT2D eigenvalue weighted by Crippen LogP contribution is -2.27. The Morgan fingerprint density at radius 2 is 1.91 bits per heavy atom. The number of hydrogen-bond acceptors (Lipinski definition) is 6. The Labute approximate surface area is 133 Å². The zero-order valence-corrected chi connectivity index (χ0v) is 13.8. The van der Waals surface area contributed by atoms with Gasteiger partial charge in [0.25, 0.3) is 0 Å². The van der Waals surface area contributed by atoms with E-state index in [9.17, 15) is 4.79 Å². The van der Waals surface area contributed by atoms with E-state index in [1.54, 1.807) is 0 Å². The topological polar surface area (TPSA) is 85.2 Å². The monoisotopic (exact) mass is 318 g/mol. The first-order chi connectivity index (χ1) is 10.5. The number of carbonyl (C=O) groups is 1. The van der Waals surface area contributed by atoms with E-state index in [4.69, 9.17) is 24.4 Å². The van der Waals surface area contributed by atoms with Crippen LogP contribution in [0.4, 0.5) is 0 Å². The number of rotatable bonds is 9. The van der Waals surface area contributed by atoms with Gasteiger partial charge in [-0.2, -0.15) is 0 Å². The Kier molecular flexibility index (Phi) is 12.0. The molecule has 1 saturated heterocycles. The van der Waals surface area contributed by atoms with E-state index < -0.39 is 11.8 Å². The van der Waals surface area contributed by atoms with Gasteiger partial charge in [-0.1, -0.05) is 26.3 Å². The minimum absolute atomic E-state index is 0.163. The molecule has 1 aliphatic rings. The van der Waals surface area contributed by atoms with Crippen LogP contribution in [0.25, 0.3) is 0 Å². The highest BCUT2D eigenvalue weighted by Gasteiger charge is 2.35. The zero-order valence-electron chi connectivity index (χ0n) is 13.8. The average Bonchev–Trinajstić information content (AvgIpc) is 2.92. The maximum Gasteiger partial charge on any atom is 0.330 e. The summed E-state index contributed by atoms with van der Waals surface area (Å²) in [5, 5.41) is 16.6. The first-order valence-corrected chi connectivity index (χ1v) is 7.84. The summed E-state index contributed by atoms with van der Waals surface area (Å²) >= 11 is 0. The van der Waals surface area contributed by atoms with Gasteiger partial charge in [-0.15, -0.1) is 0 Å². The normalized spacial score (nSPS) is 23.5. The fourth-order valence-corrected chi connectivity index (χ4v) is 1.77. The molecule has 0 bridgehead atoms. The minimum Gasteiger partial charge on any atom is -0.460 e. The number of ether oxygens (including phenoxy) is 3. The van der Waals surface area contributed by atoms with Crippen molar-refractivity contribution >= 4 is 5.97 Å². The van der Waals surface area contributed by atoms with E-state index in [0.717, 1.165) is 38.2 Å². The van der Waals surface area contributed by atoms with Crippen molar-refractivity contribution in [2.24, 2.45) is 0 Å². The lowest BCUT2D eigenvalue weighted by Gasteiger charge is -2.20. The van der Waals surface area contributed by atoms with Crippen LogP contribution in [0.1, 0.15) is 46.0 Å². The van der Waals surface area contributed by atoms with Crippen LogP contribution in [0.3, 0.4) is 0 Å². The molecule has 1 rings (SSSR count). The second-order valence-corrected chi connectivity index (χ2v) is 5.23. The summed E-state index contributed by atoms with van der Waals surface area (Å²) in [5.74, 6) is -0.954. The van der Waals surface area contributed by atoms with Crippen molar-refractivity contribution in [3.05, 3.63) is 12.7 Å².